The van der Waals surface area contributed by atoms with E-state index in [-0.39, 0.29) is 12.2 Å². The Labute approximate surface area is 162 Å². The minimum absolute atomic E-state index is 0.170. The number of piperazine rings is 1. The summed E-state index contributed by atoms with van der Waals surface area (Å²) in [5.74, 6) is 0.775. The van der Waals surface area contributed by atoms with Crippen molar-refractivity contribution in [3.63, 3.8) is 0 Å². The van der Waals surface area contributed by atoms with Crippen molar-refractivity contribution in [2.24, 2.45) is 5.92 Å². The Morgan fingerprint density at radius 3 is 2.22 bits per heavy atom. The topological polar surface area (TPSA) is 38.6 Å². The van der Waals surface area contributed by atoms with E-state index < -0.39 is 0 Å². The molecule has 2 saturated heterocycles. The molecule has 1 N–H and O–H groups in total. The molecule has 4 nitrogen and oxygen atoms in total. The summed E-state index contributed by atoms with van der Waals surface area (Å²) in [5, 5.41) is 8.71. The molecule has 0 spiro atoms. The summed E-state index contributed by atoms with van der Waals surface area (Å²) >= 11 is 0. The molecule has 2 aliphatic rings. The van der Waals surface area contributed by atoms with Crippen LogP contribution in [0.15, 0.2) is 60.7 Å². The summed E-state index contributed by atoms with van der Waals surface area (Å²) < 4.78 is 5.51. The first-order valence-corrected chi connectivity index (χ1v) is 10.2. The first-order chi connectivity index (χ1) is 13.4. The number of rotatable bonds is 6. The van der Waals surface area contributed by atoms with Crippen LogP contribution in [0, 0.1) is 5.92 Å². The largest absolute Gasteiger partial charge is 0.381 e. The van der Waals surface area contributed by atoms with Gasteiger partial charge in [0.25, 0.3) is 0 Å². The first-order valence-electron chi connectivity index (χ1n) is 10.2. The molecule has 2 fully saturated rings. The zero-order chi connectivity index (χ0) is 18.3. The molecular formula is C23H30N3O. The molecule has 0 aliphatic carbocycles. The van der Waals surface area contributed by atoms with Crippen molar-refractivity contribution in [3.05, 3.63) is 71.8 Å². The van der Waals surface area contributed by atoms with Crippen molar-refractivity contribution in [2.45, 2.75) is 25.0 Å². The third-order valence-corrected chi connectivity index (χ3v) is 5.68. The molecule has 2 heterocycles. The second kappa shape index (κ2) is 9.47. The van der Waals surface area contributed by atoms with E-state index in [1.54, 1.807) is 0 Å². The minimum Gasteiger partial charge on any atom is -0.381 e. The number of benzene rings is 2. The highest BCUT2D eigenvalue weighted by atomic mass is 16.5. The van der Waals surface area contributed by atoms with E-state index in [1.807, 2.05) is 0 Å². The van der Waals surface area contributed by atoms with Crippen LogP contribution < -0.4 is 10.6 Å². The van der Waals surface area contributed by atoms with Gasteiger partial charge >= 0.3 is 0 Å². The molecule has 2 aromatic carbocycles. The number of ether oxygens (including phenoxy) is 1. The van der Waals surface area contributed by atoms with Crippen LogP contribution in [0.5, 0.6) is 0 Å². The molecule has 2 aliphatic heterocycles. The van der Waals surface area contributed by atoms with Gasteiger partial charge in [0.05, 0.1) is 12.2 Å². The lowest BCUT2D eigenvalue weighted by atomic mass is 9.97. The van der Waals surface area contributed by atoms with Crippen molar-refractivity contribution >= 4 is 0 Å². The van der Waals surface area contributed by atoms with Gasteiger partial charge < -0.3 is 4.74 Å². The Morgan fingerprint density at radius 1 is 0.963 bits per heavy atom. The van der Waals surface area contributed by atoms with E-state index in [0.29, 0.717) is 0 Å². The normalized spacial score (nSPS) is 22.2. The summed E-state index contributed by atoms with van der Waals surface area (Å²) in [4.78, 5) is 2.59. The van der Waals surface area contributed by atoms with E-state index in [9.17, 15) is 0 Å². The van der Waals surface area contributed by atoms with Crippen molar-refractivity contribution < 1.29 is 4.74 Å². The zero-order valence-corrected chi connectivity index (χ0v) is 16.0. The van der Waals surface area contributed by atoms with Gasteiger partial charge in [-0.25, -0.2) is 5.32 Å². The molecule has 1 radical (unpaired) electrons. The van der Waals surface area contributed by atoms with E-state index in [4.69, 9.17) is 10.1 Å². The smallest absolute Gasteiger partial charge is 0.0872 e. The molecule has 2 aromatic rings. The van der Waals surface area contributed by atoms with Gasteiger partial charge in [-0.1, -0.05) is 60.7 Å². The average molecular weight is 365 g/mol. The fraction of sp³-hybridized carbons (Fsp3) is 0.478. The van der Waals surface area contributed by atoms with Crippen LogP contribution in [0.25, 0.3) is 0 Å². The fourth-order valence-electron chi connectivity index (χ4n) is 4.18. The highest BCUT2D eigenvalue weighted by molar-refractivity contribution is 5.31. The van der Waals surface area contributed by atoms with Gasteiger partial charge in [-0.2, -0.15) is 0 Å². The third kappa shape index (κ3) is 5.17. The summed E-state index contributed by atoms with van der Waals surface area (Å²) in [5.41, 5.74) is 2.58. The van der Waals surface area contributed by atoms with Crippen LogP contribution in [-0.4, -0.2) is 50.5 Å². The van der Waals surface area contributed by atoms with Gasteiger partial charge in [-0.15, -0.1) is 0 Å². The summed E-state index contributed by atoms with van der Waals surface area (Å²) in [7, 11) is 0. The highest BCUT2D eigenvalue weighted by Crippen LogP contribution is 2.23. The maximum absolute atomic E-state index is 5.51. The van der Waals surface area contributed by atoms with Crippen molar-refractivity contribution in [1.82, 2.24) is 15.5 Å². The third-order valence-electron chi connectivity index (χ3n) is 5.68. The highest BCUT2D eigenvalue weighted by Gasteiger charge is 2.26. The maximum atomic E-state index is 5.51. The van der Waals surface area contributed by atoms with E-state index in [2.05, 4.69) is 70.9 Å². The number of nitrogens with one attached hydrogen (secondary N) is 1. The molecule has 143 valence electrons. The van der Waals surface area contributed by atoms with Crippen molar-refractivity contribution in [1.29, 1.82) is 0 Å². The van der Waals surface area contributed by atoms with Crippen LogP contribution in [0.3, 0.4) is 0 Å². The van der Waals surface area contributed by atoms with E-state index in [0.717, 1.165) is 38.8 Å². The van der Waals surface area contributed by atoms with Gasteiger partial charge in [-0.05, 0) is 29.9 Å². The minimum atomic E-state index is 0.170. The lowest BCUT2D eigenvalue weighted by molar-refractivity contribution is 0.0461. The summed E-state index contributed by atoms with van der Waals surface area (Å²) in [6.45, 7) is 6.02. The Bertz CT molecular complexity index is 633. The molecule has 27 heavy (non-hydrogen) atoms. The van der Waals surface area contributed by atoms with Gasteiger partial charge in [-0.3, -0.25) is 10.2 Å². The van der Waals surface area contributed by atoms with Crippen LogP contribution in [0.1, 0.15) is 30.0 Å². The molecular weight excluding hydrogens is 334 g/mol. The summed E-state index contributed by atoms with van der Waals surface area (Å²) in [6, 6.07) is 21.6. The van der Waals surface area contributed by atoms with Crippen molar-refractivity contribution in [2.75, 3.05) is 39.4 Å². The van der Waals surface area contributed by atoms with Crippen LogP contribution >= 0.6 is 0 Å². The Balaban J connectivity index is 1.43. The Hall–Kier alpha value is -1.72. The zero-order valence-electron chi connectivity index (χ0n) is 16.0. The van der Waals surface area contributed by atoms with Gasteiger partial charge in [0.2, 0.25) is 0 Å². The lowest BCUT2D eigenvalue weighted by Gasteiger charge is -2.37. The Kier molecular flexibility index (Phi) is 6.53. The monoisotopic (exact) mass is 364 g/mol. The van der Waals surface area contributed by atoms with Crippen LogP contribution in [0.2, 0.25) is 0 Å². The first kappa shape index (κ1) is 18.6. The Morgan fingerprint density at radius 2 is 1.59 bits per heavy atom. The number of nitrogens with zero attached hydrogens (tertiary/aromatic N) is 2. The van der Waals surface area contributed by atoms with Crippen LogP contribution in [-0.2, 0) is 4.74 Å². The summed E-state index contributed by atoms with van der Waals surface area (Å²) in [6.07, 6.45) is 2.56. The number of hydrogen-bond donors (Lipinski definition) is 1. The molecule has 4 rings (SSSR count). The maximum Gasteiger partial charge on any atom is 0.0872 e. The predicted molar refractivity (Wildman–Crippen MR) is 109 cm³/mol. The SMILES string of the molecule is c1ccc(C(NC2CN(CC3CCOCC3)CC[N]2)c2ccccc2)cc1. The standard InChI is InChI=1S/C23H30N3O/c1-3-7-20(8-4-1)23(21-9-5-2-6-10-21)25-22-18-26(14-13-24-22)17-19-11-15-27-16-12-19/h1-10,19,22-23,25H,11-18H2. The lowest BCUT2D eigenvalue weighted by Crippen LogP contribution is -2.55. The van der Waals surface area contributed by atoms with E-state index in [1.165, 1.54) is 30.5 Å². The molecule has 0 aromatic heterocycles. The molecule has 1 atom stereocenters. The molecule has 0 bridgehead atoms. The van der Waals surface area contributed by atoms with Crippen LogP contribution in [0.4, 0.5) is 0 Å². The molecule has 0 saturated carbocycles. The molecule has 4 heteroatoms. The second-order valence-corrected chi connectivity index (χ2v) is 7.66. The van der Waals surface area contributed by atoms with Gasteiger partial charge in [0.1, 0.15) is 0 Å². The number of hydrogen-bond acceptors (Lipinski definition) is 3. The van der Waals surface area contributed by atoms with Gasteiger partial charge in [0.15, 0.2) is 0 Å². The second-order valence-electron chi connectivity index (χ2n) is 7.66. The van der Waals surface area contributed by atoms with Crippen molar-refractivity contribution in [3.8, 4) is 0 Å². The predicted octanol–water partition coefficient (Wildman–Crippen LogP) is 3.04. The quantitative estimate of drug-likeness (QED) is 0.856. The molecule has 0 amide bonds. The van der Waals surface area contributed by atoms with Gasteiger partial charge in [0, 0.05) is 39.4 Å². The fourth-order valence-corrected chi connectivity index (χ4v) is 4.18. The molecule has 1 unspecified atom stereocenters. The van der Waals surface area contributed by atoms with E-state index >= 15 is 0 Å². The average Bonchev–Trinajstić information content (AvgIpc) is 2.74.